The van der Waals surface area contributed by atoms with Crippen LogP contribution in [0.5, 0.6) is 0 Å². The molecule has 0 heterocycles. The van der Waals surface area contributed by atoms with Gasteiger partial charge in [-0.15, -0.1) is 0 Å². The first-order chi connectivity index (χ1) is 6.47. The number of carbonyl (C=O) groups is 2. The Bertz CT molecular complexity index is 191. The van der Waals surface area contributed by atoms with Gasteiger partial charge in [0, 0.05) is 26.5 Å². The Labute approximate surface area is 83.8 Å². The van der Waals surface area contributed by atoms with Crippen molar-refractivity contribution in [2.45, 2.75) is 26.6 Å². The molecule has 1 atom stereocenters. The molecule has 0 aliphatic carbocycles. The maximum atomic E-state index is 10.3. The number of aliphatic hydroxyl groups excluding tert-OH is 1. The Morgan fingerprint density at radius 2 is 2.07 bits per heavy atom. The molecular formula is C9H17NO4. The highest BCUT2D eigenvalue weighted by Crippen LogP contribution is 1.92. The molecule has 0 bridgehead atoms. The zero-order valence-electron chi connectivity index (χ0n) is 8.74. The van der Waals surface area contributed by atoms with Crippen molar-refractivity contribution in [3.05, 3.63) is 12.7 Å². The molecule has 14 heavy (non-hydrogen) atoms. The molecule has 0 aliphatic heterocycles. The third kappa shape index (κ3) is 13.2. The Kier molecular flexibility index (Phi) is 10.5. The summed E-state index contributed by atoms with van der Waals surface area (Å²) >= 11 is 0. The number of carbonyl (C=O) groups excluding carboxylic acids is 2. The number of amides is 1. The van der Waals surface area contributed by atoms with Crippen molar-refractivity contribution in [2.24, 2.45) is 0 Å². The fraction of sp³-hybridized carbons (Fsp3) is 0.556. The van der Waals surface area contributed by atoms with Gasteiger partial charge in [-0.3, -0.25) is 4.79 Å². The molecule has 2 N–H and O–H groups in total. The quantitative estimate of drug-likeness (QED) is 0.390. The van der Waals surface area contributed by atoms with E-state index in [1.54, 1.807) is 14.0 Å². The van der Waals surface area contributed by atoms with Crippen molar-refractivity contribution >= 4 is 11.9 Å². The molecule has 0 aromatic carbocycles. The normalized spacial score (nSPS) is 10.3. The van der Waals surface area contributed by atoms with Gasteiger partial charge in [-0.25, -0.2) is 4.79 Å². The second-order valence-electron chi connectivity index (χ2n) is 2.31. The maximum absolute atomic E-state index is 10.3. The summed E-state index contributed by atoms with van der Waals surface area (Å²) < 4.78 is 4.35. The molecule has 0 saturated heterocycles. The summed E-state index contributed by atoms with van der Waals surface area (Å²) in [6.45, 7) is 6.34. The van der Waals surface area contributed by atoms with E-state index >= 15 is 0 Å². The number of hydrogen-bond acceptors (Lipinski definition) is 4. The van der Waals surface area contributed by atoms with E-state index in [0.29, 0.717) is 6.42 Å². The highest BCUT2D eigenvalue weighted by atomic mass is 16.6. The summed E-state index contributed by atoms with van der Waals surface area (Å²) in [7, 11) is 1.60. The molecule has 1 amide bonds. The van der Waals surface area contributed by atoms with E-state index in [1.165, 1.54) is 6.92 Å². The molecule has 0 aliphatic rings. The highest BCUT2D eigenvalue weighted by molar-refractivity contribution is 5.81. The van der Waals surface area contributed by atoms with Gasteiger partial charge in [0.15, 0.2) is 0 Å². The summed E-state index contributed by atoms with van der Waals surface area (Å²) in [5.41, 5.74) is 0. The van der Waals surface area contributed by atoms with Crippen LogP contribution in [0.3, 0.4) is 0 Å². The van der Waals surface area contributed by atoms with Crippen molar-refractivity contribution in [3.8, 4) is 0 Å². The predicted octanol–water partition coefficient (Wildman–Crippen LogP) is 0.196. The van der Waals surface area contributed by atoms with Crippen molar-refractivity contribution in [1.29, 1.82) is 0 Å². The number of esters is 1. The molecule has 5 nitrogen and oxygen atoms in total. The van der Waals surface area contributed by atoms with E-state index in [4.69, 9.17) is 5.11 Å². The van der Waals surface area contributed by atoms with Gasteiger partial charge < -0.3 is 15.2 Å². The Morgan fingerprint density at radius 1 is 1.64 bits per heavy atom. The van der Waals surface area contributed by atoms with Crippen LogP contribution in [-0.4, -0.2) is 30.3 Å². The maximum Gasteiger partial charge on any atom is 0.332 e. The Balaban J connectivity index is 0. The topological polar surface area (TPSA) is 75.6 Å². The second-order valence-corrected chi connectivity index (χ2v) is 2.31. The van der Waals surface area contributed by atoms with Crippen LogP contribution in [0.2, 0.25) is 0 Å². The van der Waals surface area contributed by atoms with Gasteiger partial charge in [-0.05, 0) is 0 Å². The zero-order chi connectivity index (χ0) is 11.6. The average molecular weight is 203 g/mol. The molecule has 0 saturated carbocycles. The van der Waals surface area contributed by atoms with E-state index in [0.717, 1.165) is 6.08 Å². The third-order valence-electron chi connectivity index (χ3n) is 1.12. The van der Waals surface area contributed by atoms with Gasteiger partial charge in [0.2, 0.25) is 12.2 Å². The fourth-order valence-electron chi connectivity index (χ4n) is 0.266. The van der Waals surface area contributed by atoms with Gasteiger partial charge >= 0.3 is 5.97 Å². The lowest BCUT2D eigenvalue weighted by Gasteiger charge is -2.05. The van der Waals surface area contributed by atoms with Crippen LogP contribution in [0.15, 0.2) is 12.7 Å². The molecule has 82 valence electrons. The van der Waals surface area contributed by atoms with Gasteiger partial charge in [-0.2, -0.15) is 0 Å². The molecule has 0 radical (unpaired) electrons. The minimum atomic E-state index is -0.990. The van der Waals surface area contributed by atoms with Crippen LogP contribution in [0, 0.1) is 0 Å². The Hall–Kier alpha value is -1.36. The number of hydrogen-bond donors (Lipinski definition) is 2. The van der Waals surface area contributed by atoms with Crippen molar-refractivity contribution in [3.63, 3.8) is 0 Å². The van der Waals surface area contributed by atoms with E-state index in [2.05, 4.69) is 16.6 Å². The lowest BCUT2D eigenvalue weighted by atomic mass is 10.5. The molecule has 5 heteroatoms. The fourth-order valence-corrected chi connectivity index (χ4v) is 0.266. The standard InChI is InChI=1S/C6H10O3.C3H7NO/c1-3-5(7)9-6(8)4-2;1-3(5)4-2/h3,6,8H,1,4H2,2H3;1-2H3,(H,4,5). The van der Waals surface area contributed by atoms with Crippen LogP contribution < -0.4 is 5.32 Å². The summed E-state index contributed by atoms with van der Waals surface area (Å²) in [5, 5.41) is 11.1. The van der Waals surface area contributed by atoms with Crippen LogP contribution in [0.25, 0.3) is 0 Å². The van der Waals surface area contributed by atoms with Gasteiger partial charge in [0.25, 0.3) is 0 Å². The van der Waals surface area contributed by atoms with Crippen LogP contribution in [0.1, 0.15) is 20.3 Å². The number of aliphatic hydroxyl groups is 1. The first kappa shape index (κ1) is 15.1. The molecule has 0 fully saturated rings. The van der Waals surface area contributed by atoms with E-state index in [-0.39, 0.29) is 5.91 Å². The van der Waals surface area contributed by atoms with Crippen LogP contribution in [0.4, 0.5) is 0 Å². The number of ether oxygens (including phenoxy) is 1. The molecular weight excluding hydrogens is 186 g/mol. The van der Waals surface area contributed by atoms with Crippen molar-refractivity contribution in [2.75, 3.05) is 7.05 Å². The van der Waals surface area contributed by atoms with Gasteiger partial charge in [-0.1, -0.05) is 13.5 Å². The lowest BCUT2D eigenvalue weighted by molar-refractivity contribution is -0.161. The summed E-state index contributed by atoms with van der Waals surface area (Å²) in [5.74, 6) is -0.589. The molecule has 0 spiro atoms. The lowest BCUT2D eigenvalue weighted by Crippen LogP contribution is -2.14. The zero-order valence-corrected chi connectivity index (χ0v) is 8.74. The van der Waals surface area contributed by atoms with Crippen molar-refractivity contribution < 1.29 is 19.4 Å². The largest absolute Gasteiger partial charge is 0.433 e. The second kappa shape index (κ2) is 9.73. The van der Waals surface area contributed by atoms with Gasteiger partial charge in [0.05, 0.1) is 0 Å². The average Bonchev–Trinajstić information content (AvgIpc) is 2.18. The third-order valence-corrected chi connectivity index (χ3v) is 1.12. The molecule has 0 rings (SSSR count). The number of nitrogens with one attached hydrogen (secondary N) is 1. The van der Waals surface area contributed by atoms with E-state index < -0.39 is 12.3 Å². The monoisotopic (exact) mass is 203 g/mol. The first-order valence-corrected chi connectivity index (χ1v) is 4.17. The number of rotatable bonds is 3. The molecule has 0 aromatic heterocycles. The molecule has 1 unspecified atom stereocenters. The van der Waals surface area contributed by atoms with Crippen molar-refractivity contribution in [1.82, 2.24) is 5.32 Å². The van der Waals surface area contributed by atoms with Gasteiger partial charge in [0.1, 0.15) is 0 Å². The SMILES string of the molecule is C=CC(=O)OC(O)CC.CNC(C)=O. The van der Waals surface area contributed by atoms with Crippen LogP contribution >= 0.6 is 0 Å². The van der Waals surface area contributed by atoms with Crippen LogP contribution in [-0.2, 0) is 14.3 Å². The minimum absolute atomic E-state index is 0.00463. The molecule has 0 aromatic rings. The summed E-state index contributed by atoms with van der Waals surface area (Å²) in [6, 6.07) is 0. The smallest absolute Gasteiger partial charge is 0.332 e. The highest BCUT2D eigenvalue weighted by Gasteiger charge is 2.02. The van der Waals surface area contributed by atoms with E-state index in [1.807, 2.05) is 0 Å². The minimum Gasteiger partial charge on any atom is -0.433 e. The predicted molar refractivity (Wildman–Crippen MR) is 52.3 cm³/mol. The summed E-state index contributed by atoms with van der Waals surface area (Å²) in [4.78, 5) is 20.0. The first-order valence-electron chi connectivity index (χ1n) is 4.17. The van der Waals surface area contributed by atoms with E-state index in [9.17, 15) is 9.59 Å². The summed E-state index contributed by atoms with van der Waals surface area (Å²) in [6.07, 6.45) is 0.425. The Morgan fingerprint density at radius 3 is 2.29 bits per heavy atom.